The van der Waals surface area contributed by atoms with Gasteiger partial charge in [-0.3, -0.25) is 9.69 Å². The molecular formula is C31H43ClN2O5. The van der Waals surface area contributed by atoms with Gasteiger partial charge in [0.05, 0.1) is 18.3 Å². The van der Waals surface area contributed by atoms with Gasteiger partial charge < -0.3 is 24.6 Å². The van der Waals surface area contributed by atoms with Crippen LogP contribution in [-0.2, 0) is 0 Å². The summed E-state index contributed by atoms with van der Waals surface area (Å²) in [6, 6.07) is 10.5. The van der Waals surface area contributed by atoms with Gasteiger partial charge in [0.15, 0.2) is 17.3 Å². The summed E-state index contributed by atoms with van der Waals surface area (Å²) in [6.45, 7) is 11.7. The van der Waals surface area contributed by atoms with Gasteiger partial charge in [0.25, 0.3) is 0 Å². The number of phenolic OH excluding ortho intramolecular Hbond substituents is 1. The fraction of sp³-hybridized carbons (Fsp3) is 0.516. The molecule has 0 spiro atoms. The molecule has 0 aliphatic carbocycles. The number of aliphatic hydroxyl groups is 1. The fourth-order valence-corrected chi connectivity index (χ4v) is 4.70. The average Bonchev–Trinajstić information content (AvgIpc) is 2.95. The summed E-state index contributed by atoms with van der Waals surface area (Å²) >= 11 is 5.95. The van der Waals surface area contributed by atoms with Crippen LogP contribution in [0.15, 0.2) is 48.7 Å². The van der Waals surface area contributed by atoms with E-state index in [-0.39, 0.29) is 35.2 Å². The zero-order valence-electron chi connectivity index (χ0n) is 23.6. The number of halogens is 1. The normalized spacial score (nSPS) is 15.3. The van der Waals surface area contributed by atoms with E-state index in [2.05, 4.69) is 9.80 Å². The van der Waals surface area contributed by atoms with Crippen molar-refractivity contribution in [3.8, 4) is 17.2 Å². The molecular weight excluding hydrogens is 516 g/mol. The molecule has 1 heterocycles. The molecule has 0 aromatic heterocycles. The third kappa shape index (κ3) is 8.88. The van der Waals surface area contributed by atoms with Crippen LogP contribution in [0.3, 0.4) is 0 Å². The van der Waals surface area contributed by atoms with Crippen molar-refractivity contribution in [1.82, 2.24) is 9.80 Å². The van der Waals surface area contributed by atoms with Crippen molar-refractivity contribution in [2.45, 2.75) is 71.7 Å². The van der Waals surface area contributed by atoms with Gasteiger partial charge in [0, 0.05) is 55.6 Å². The number of nitrogens with zero attached hydrogens (tertiary/aromatic N) is 2. The van der Waals surface area contributed by atoms with Crippen LogP contribution in [0, 0.1) is 0 Å². The Morgan fingerprint density at radius 2 is 1.44 bits per heavy atom. The predicted octanol–water partition coefficient (Wildman–Crippen LogP) is 6.23. The Hall–Kier alpha value is -2.74. The van der Waals surface area contributed by atoms with Gasteiger partial charge in [0.2, 0.25) is 5.75 Å². The molecule has 214 valence electrons. The molecule has 1 unspecified atom stereocenters. The second-order valence-corrected chi connectivity index (χ2v) is 10.5. The van der Waals surface area contributed by atoms with Crippen molar-refractivity contribution in [2.75, 3.05) is 32.7 Å². The second kappa shape index (κ2) is 15.2. The van der Waals surface area contributed by atoms with E-state index in [1.165, 1.54) is 0 Å². The number of benzene rings is 2. The monoisotopic (exact) mass is 558 g/mol. The van der Waals surface area contributed by atoms with Crippen LogP contribution in [0.5, 0.6) is 17.2 Å². The summed E-state index contributed by atoms with van der Waals surface area (Å²) in [4.78, 5) is 17.5. The number of aromatic hydroxyl groups is 1. The highest BCUT2D eigenvalue weighted by Gasteiger charge is 2.21. The first kappa shape index (κ1) is 30.8. The summed E-state index contributed by atoms with van der Waals surface area (Å²) in [5.74, 6) is 0.305. The van der Waals surface area contributed by atoms with Crippen molar-refractivity contribution in [1.29, 1.82) is 0 Å². The van der Waals surface area contributed by atoms with Gasteiger partial charge in [-0.1, -0.05) is 51.4 Å². The van der Waals surface area contributed by atoms with E-state index in [1.807, 2.05) is 46.0 Å². The predicted molar refractivity (Wildman–Crippen MR) is 156 cm³/mol. The Labute approximate surface area is 238 Å². The number of phenols is 1. The number of carbonyl (C=O) groups excluding carboxylic acids is 1. The van der Waals surface area contributed by atoms with E-state index >= 15 is 0 Å². The third-order valence-electron chi connectivity index (χ3n) is 7.26. The summed E-state index contributed by atoms with van der Waals surface area (Å²) in [5, 5.41) is 22.1. The minimum absolute atomic E-state index is 0.0627. The van der Waals surface area contributed by atoms with E-state index in [1.54, 1.807) is 30.3 Å². The number of ether oxygens (including phenoxy) is 2. The highest BCUT2D eigenvalue weighted by atomic mass is 35.5. The Morgan fingerprint density at radius 1 is 0.923 bits per heavy atom. The zero-order valence-corrected chi connectivity index (χ0v) is 24.4. The molecule has 2 aromatic carbocycles. The number of rotatable bonds is 14. The van der Waals surface area contributed by atoms with Gasteiger partial charge in [-0.05, 0) is 55.5 Å². The minimum atomic E-state index is -0.576. The Kier molecular flexibility index (Phi) is 12.0. The molecule has 0 amide bonds. The maximum Gasteiger partial charge on any atom is 0.200 e. The number of piperazine rings is 1. The van der Waals surface area contributed by atoms with Crippen molar-refractivity contribution in [3.63, 3.8) is 0 Å². The lowest BCUT2D eigenvalue weighted by molar-refractivity contribution is 0.0853. The topological polar surface area (TPSA) is 82.5 Å². The molecule has 0 bridgehead atoms. The van der Waals surface area contributed by atoms with Crippen LogP contribution < -0.4 is 9.47 Å². The zero-order chi connectivity index (χ0) is 28.4. The maximum absolute atomic E-state index is 13.2. The smallest absolute Gasteiger partial charge is 0.200 e. The second-order valence-electron chi connectivity index (χ2n) is 10.0. The van der Waals surface area contributed by atoms with E-state index in [4.69, 9.17) is 21.1 Å². The van der Waals surface area contributed by atoms with E-state index in [0.29, 0.717) is 17.1 Å². The first-order chi connectivity index (χ1) is 18.8. The van der Waals surface area contributed by atoms with Gasteiger partial charge in [-0.25, -0.2) is 0 Å². The van der Waals surface area contributed by atoms with Crippen molar-refractivity contribution >= 4 is 17.4 Å². The molecule has 7 nitrogen and oxygen atoms in total. The number of β-amino-alcohol motifs (C(OH)–C–C–N with tert-alkyl or cyclic N) is 1. The summed E-state index contributed by atoms with van der Waals surface area (Å²) in [5.41, 5.74) is 1.26. The molecule has 1 fully saturated rings. The molecule has 8 heteroatoms. The summed E-state index contributed by atoms with van der Waals surface area (Å²) < 4.78 is 12.1. The van der Waals surface area contributed by atoms with E-state index in [9.17, 15) is 15.0 Å². The SMILES string of the molecule is CCC(CC)Oc1cc(C(=O)C=CN2CCN(CC(O)c3ccc(Cl)cc3)CC2)cc(OC(CC)CC)c1O. The van der Waals surface area contributed by atoms with Gasteiger partial charge in [-0.2, -0.15) is 0 Å². The minimum Gasteiger partial charge on any atom is -0.502 e. The fourth-order valence-electron chi connectivity index (χ4n) is 4.57. The van der Waals surface area contributed by atoms with Gasteiger partial charge in [-0.15, -0.1) is 0 Å². The quantitative estimate of drug-likeness (QED) is 0.210. The van der Waals surface area contributed by atoms with Crippen molar-refractivity contribution in [2.24, 2.45) is 0 Å². The van der Waals surface area contributed by atoms with Crippen LogP contribution in [-0.4, -0.2) is 70.7 Å². The van der Waals surface area contributed by atoms with Crippen LogP contribution in [0.2, 0.25) is 5.02 Å². The molecule has 1 atom stereocenters. The Balaban J connectivity index is 1.65. The maximum atomic E-state index is 13.2. The lowest BCUT2D eigenvalue weighted by atomic mass is 10.1. The first-order valence-electron chi connectivity index (χ1n) is 14.1. The number of allylic oxidation sites excluding steroid dienone is 1. The molecule has 3 rings (SSSR count). The number of hydrogen-bond acceptors (Lipinski definition) is 7. The third-order valence-corrected chi connectivity index (χ3v) is 7.51. The first-order valence-corrected chi connectivity index (χ1v) is 14.5. The number of aliphatic hydroxyl groups excluding tert-OH is 1. The van der Waals surface area contributed by atoms with Crippen LogP contribution in [0.1, 0.15) is 75.4 Å². The van der Waals surface area contributed by atoms with E-state index in [0.717, 1.165) is 57.4 Å². The Bertz CT molecular complexity index is 1040. The molecule has 39 heavy (non-hydrogen) atoms. The van der Waals surface area contributed by atoms with Crippen LogP contribution in [0.25, 0.3) is 0 Å². The average molecular weight is 559 g/mol. The molecule has 2 N–H and O–H groups in total. The van der Waals surface area contributed by atoms with E-state index < -0.39 is 6.10 Å². The van der Waals surface area contributed by atoms with Gasteiger partial charge in [0.1, 0.15) is 0 Å². The molecule has 2 aromatic rings. The number of ketones is 1. The lowest BCUT2D eigenvalue weighted by Gasteiger charge is -2.35. The molecule has 0 radical (unpaired) electrons. The molecule has 0 saturated carbocycles. The molecule has 1 saturated heterocycles. The molecule has 1 aliphatic rings. The largest absolute Gasteiger partial charge is 0.502 e. The van der Waals surface area contributed by atoms with Gasteiger partial charge >= 0.3 is 0 Å². The highest BCUT2D eigenvalue weighted by molar-refractivity contribution is 6.30. The summed E-state index contributed by atoms with van der Waals surface area (Å²) in [7, 11) is 0. The standard InChI is InChI=1S/C31H43ClN2O5/c1-5-25(6-2)38-29-19-23(20-30(31(29)37)39-26(7-3)8-4)27(35)13-14-33-15-17-34(18-16-33)21-28(36)22-9-11-24(32)12-10-22/h9-14,19-20,25-26,28,36-37H,5-8,15-18,21H2,1-4H3. The van der Waals surface area contributed by atoms with Crippen LogP contribution >= 0.6 is 11.6 Å². The number of carbonyl (C=O) groups is 1. The number of hydrogen-bond donors (Lipinski definition) is 2. The van der Waals surface area contributed by atoms with Crippen LogP contribution in [0.4, 0.5) is 0 Å². The van der Waals surface area contributed by atoms with Crippen molar-refractivity contribution in [3.05, 3.63) is 64.8 Å². The Morgan fingerprint density at radius 3 is 1.92 bits per heavy atom. The lowest BCUT2D eigenvalue weighted by Crippen LogP contribution is -2.45. The summed E-state index contributed by atoms with van der Waals surface area (Å²) in [6.07, 6.45) is 5.85. The molecule has 1 aliphatic heterocycles. The van der Waals surface area contributed by atoms with Crippen molar-refractivity contribution < 1.29 is 24.5 Å². The highest BCUT2D eigenvalue weighted by Crippen LogP contribution is 2.39.